The molecule has 0 radical (unpaired) electrons. The van der Waals surface area contributed by atoms with E-state index in [0.29, 0.717) is 11.6 Å². The first-order valence-electron chi connectivity index (χ1n) is 6.40. The normalized spacial score (nSPS) is 10.7. The van der Waals surface area contributed by atoms with E-state index in [0.717, 1.165) is 30.9 Å². The summed E-state index contributed by atoms with van der Waals surface area (Å²) in [5.74, 6) is 0.422. The number of hydrogen-bond acceptors (Lipinski definition) is 4. The number of nitrogens with two attached hydrogens (primary N) is 1. The smallest absolute Gasteiger partial charge is 0.231 e. The maximum Gasteiger partial charge on any atom is 0.231 e. The number of hydrogen-bond donors (Lipinski definition) is 2. The molecule has 0 aliphatic heterocycles. The van der Waals surface area contributed by atoms with Gasteiger partial charge in [-0.2, -0.15) is 0 Å². The summed E-state index contributed by atoms with van der Waals surface area (Å²) in [6, 6.07) is 3.62. The van der Waals surface area contributed by atoms with Gasteiger partial charge in [-0.3, -0.25) is 9.69 Å². The fraction of sp³-hybridized carbons (Fsp3) is 0.538. The van der Waals surface area contributed by atoms with Gasteiger partial charge in [0.25, 0.3) is 0 Å². The van der Waals surface area contributed by atoms with Crippen LogP contribution in [-0.4, -0.2) is 35.9 Å². The number of aromatic nitrogens is 1. The van der Waals surface area contributed by atoms with Crippen molar-refractivity contribution in [3.8, 4) is 0 Å². The molecular formula is C13H21ClN4O. The fourth-order valence-electron chi connectivity index (χ4n) is 1.76. The minimum atomic E-state index is -0.336. The Hall–Kier alpha value is -1.33. The highest BCUT2D eigenvalue weighted by molar-refractivity contribution is 6.31. The van der Waals surface area contributed by atoms with E-state index in [-0.39, 0.29) is 12.5 Å². The Morgan fingerprint density at radius 2 is 2.26 bits per heavy atom. The fourth-order valence-corrected chi connectivity index (χ4v) is 1.93. The van der Waals surface area contributed by atoms with Crippen LogP contribution in [0.3, 0.4) is 0 Å². The van der Waals surface area contributed by atoms with Crippen LogP contribution in [0.25, 0.3) is 0 Å². The number of rotatable bonds is 8. The molecule has 0 atom stereocenters. The molecule has 0 aromatic carbocycles. The van der Waals surface area contributed by atoms with Gasteiger partial charge in [0.05, 0.1) is 17.3 Å². The first-order valence-corrected chi connectivity index (χ1v) is 6.78. The van der Waals surface area contributed by atoms with Crippen LogP contribution in [0.1, 0.15) is 25.5 Å². The monoisotopic (exact) mass is 284 g/mol. The van der Waals surface area contributed by atoms with Crippen LogP contribution >= 0.6 is 11.6 Å². The number of amides is 1. The molecule has 0 saturated carbocycles. The van der Waals surface area contributed by atoms with Crippen molar-refractivity contribution >= 4 is 23.3 Å². The molecule has 1 aromatic rings. The number of carbonyl (C=O) groups excluding carboxylic acids is 1. The van der Waals surface area contributed by atoms with Gasteiger partial charge >= 0.3 is 0 Å². The van der Waals surface area contributed by atoms with Gasteiger partial charge in [0.2, 0.25) is 5.91 Å². The van der Waals surface area contributed by atoms with Gasteiger partial charge in [0.1, 0.15) is 5.82 Å². The molecule has 0 fully saturated rings. The molecule has 6 heteroatoms. The van der Waals surface area contributed by atoms with E-state index in [2.05, 4.69) is 17.2 Å². The van der Waals surface area contributed by atoms with Crippen molar-refractivity contribution < 1.29 is 4.79 Å². The number of unbranched alkanes of at least 4 members (excludes halogenated alkanes) is 1. The van der Waals surface area contributed by atoms with E-state index in [4.69, 9.17) is 17.3 Å². The van der Waals surface area contributed by atoms with Crippen molar-refractivity contribution in [2.75, 3.05) is 25.5 Å². The lowest BCUT2D eigenvalue weighted by atomic mass is 10.2. The molecule has 19 heavy (non-hydrogen) atoms. The molecule has 106 valence electrons. The number of nitrogens with zero attached hydrogens (tertiary/aromatic N) is 2. The van der Waals surface area contributed by atoms with Crippen molar-refractivity contribution in [3.05, 3.63) is 22.8 Å². The topological polar surface area (TPSA) is 71.2 Å². The lowest BCUT2D eigenvalue weighted by Gasteiger charge is -2.20. The Labute approximate surface area is 119 Å². The average Bonchev–Trinajstić information content (AvgIpc) is 2.37. The van der Waals surface area contributed by atoms with Gasteiger partial charge in [-0.1, -0.05) is 24.9 Å². The lowest BCUT2D eigenvalue weighted by Crippen LogP contribution is -2.34. The van der Waals surface area contributed by atoms with E-state index in [9.17, 15) is 4.79 Å². The molecule has 5 nitrogen and oxygen atoms in total. The number of pyridine rings is 1. The zero-order chi connectivity index (χ0) is 14.3. The predicted molar refractivity (Wildman–Crippen MR) is 78.2 cm³/mol. The third-order valence-corrected chi connectivity index (χ3v) is 3.10. The number of primary amides is 1. The van der Waals surface area contributed by atoms with E-state index in [1.54, 1.807) is 13.1 Å². The van der Waals surface area contributed by atoms with Crippen molar-refractivity contribution in [2.45, 2.75) is 26.3 Å². The van der Waals surface area contributed by atoms with Crippen LogP contribution in [0.15, 0.2) is 12.1 Å². The van der Waals surface area contributed by atoms with Crippen molar-refractivity contribution in [1.82, 2.24) is 9.88 Å². The predicted octanol–water partition coefficient (Wildman–Crippen LogP) is 1.86. The summed E-state index contributed by atoms with van der Waals surface area (Å²) < 4.78 is 0. The quantitative estimate of drug-likeness (QED) is 0.764. The van der Waals surface area contributed by atoms with Gasteiger partial charge in [0, 0.05) is 13.6 Å². The summed E-state index contributed by atoms with van der Waals surface area (Å²) in [5.41, 5.74) is 6.02. The summed E-state index contributed by atoms with van der Waals surface area (Å²) in [6.07, 6.45) is 2.07. The molecule has 1 aromatic heterocycles. The molecule has 1 amide bonds. The van der Waals surface area contributed by atoms with Gasteiger partial charge in [-0.05, 0) is 25.1 Å². The number of carbonyl (C=O) groups is 1. The molecule has 0 unspecified atom stereocenters. The summed E-state index contributed by atoms with van der Waals surface area (Å²) in [6.45, 7) is 3.66. The Kier molecular flexibility index (Phi) is 6.59. The molecule has 3 N–H and O–H groups in total. The minimum Gasteiger partial charge on any atom is -0.373 e. The van der Waals surface area contributed by atoms with Crippen LogP contribution in [-0.2, 0) is 11.3 Å². The summed E-state index contributed by atoms with van der Waals surface area (Å²) in [5, 5.41) is 3.57. The summed E-state index contributed by atoms with van der Waals surface area (Å²) in [4.78, 5) is 17.5. The zero-order valence-corrected chi connectivity index (χ0v) is 12.2. The molecule has 1 rings (SSSR count). The number of halogens is 1. The van der Waals surface area contributed by atoms with Crippen molar-refractivity contribution in [1.29, 1.82) is 0 Å². The average molecular weight is 285 g/mol. The first-order chi connectivity index (χ1) is 9.06. The Bertz CT molecular complexity index is 425. The van der Waals surface area contributed by atoms with Gasteiger partial charge in [-0.25, -0.2) is 4.98 Å². The van der Waals surface area contributed by atoms with Crippen LogP contribution < -0.4 is 11.1 Å². The highest BCUT2D eigenvalue weighted by Crippen LogP contribution is 2.18. The Morgan fingerprint density at radius 1 is 1.53 bits per heavy atom. The number of nitrogens with one attached hydrogen (secondary N) is 1. The van der Waals surface area contributed by atoms with Crippen LogP contribution in [0.4, 0.5) is 5.82 Å². The van der Waals surface area contributed by atoms with Gasteiger partial charge in [0.15, 0.2) is 0 Å². The molecule has 0 spiro atoms. The Morgan fingerprint density at radius 3 is 2.84 bits per heavy atom. The summed E-state index contributed by atoms with van der Waals surface area (Å²) in [7, 11) is 1.80. The molecule has 1 heterocycles. The van der Waals surface area contributed by atoms with Gasteiger partial charge in [-0.15, -0.1) is 0 Å². The highest BCUT2D eigenvalue weighted by atomic mass is 35.5. The molecule has 0 saturated heterocycles. The van der Waals surface area contributed by atoms with Crippen LogP contribution in [0.2, 0.25) is 5.02 Å². The minimum absolute atomic E-state index is 0.224. The third kappa shape index (κ3) is 5.44. The maximum atomic E-state index is 11.1. The number of anilines is 1. The summed E-state index contributed by atoms with van der Waals surface area (Å²) >= 11 is 6.13. The van der Waals surface area contributed by atoms with Crippen LogP contribution in [0, 0.1) is 0 Å². The largest absolute Gasteiger partial charge is 0.373 e. The van der Waals surface area contributed by atoms with Crippen molar-refractivity contribution in [3.63, 3.8) is 0 Å². The SMILES string of the molecule is CCCCN(CC(N)=O)Cc1nc(NC)ccc1Cl. The van der Waals surface area contributed by atoms with Gasteiger partial charge < -0.3 is 11.1 Å². The zero-order valence-electron chi connectivity index (χ0n) is 11.4. The third-order valence-electron chi connectivity index (χ3n) is 2.76. The van der Waals surface area contributed by atoms with E-state index in [1.165, 1.54) is 0 Å². The van der Waals surface area contributed by atoms with E-state index < -0.39 is 0 Å². The lowest BCUT2D eigenvalue weighted by molar-refractivity contribution is -0.119. The second-order valence-electron chi connectivity index (χ2n) is 4.41. The second-order valence-corrected chi connectivity index (χ2v) is 4.81. The molecule has 0 bridgehead atoms. The molecular weight excluding hydrogens is 264 g/mol. The molecule has 0 aliphatic rings. The van der Waals surface area contributed by atoms with Crippen LogP contribution in [0.5, 0.6) is 0 Å². The highest BCUT2D eigenvalue weighted by Gasteiger charge is 2.12. The van der Waals surface area contributed by atoms with E-state index >= 15 is 0 Å². The maximum absolute atomic E-state index is 11.1. The van der Waals surface area contributed by atoms with Crippen molar-refractivity contribution in [2.24, 2.45) is 5.73 Å². The Balaban J connectivity index is 2.78. The first kappa shape index (κ1) is 15.7. The second kappa shape index (κ2) is 7.96. The van der Waals surface area contributed by atoms with E-state index in [1.807, 2.05) is 11.0 Å². The molecule has 0 aliphatic carbocycles. The standard InChI is InChI=1S/C13H21ClN4O/c1-3-4-7-18(9-12(15)19)8-11-10(14)5-6-13(16-2)17-11/h5-6H,3-4,7-9H2,1-2H3,(H2,15,19)(H,16,17).